The number of nitrogens with zero attached hydrogens (tertiary/aromatic N) is 1. The van der Waals surface area contributed by atoms with Crippen LogP contribution in [-0.4, -0.2) is 70.3 Å². The first-order valence-electron chi connectivity index (χ1n) is 13.1. The van der Waals surface area contributed by atoms with Crippen LogP contribution in [0.25, 0.3) is 0 Å². The van der Waals surface area contributed by atoms with E-state index in [0.717, 1.165) is 12.1 Å². The predicted molar refractivity (Wildman–Crippen MR) is 152 cm³/mol. The second kappa shape index (κ2) is 15.8. The second-order valence-electron chi connectivity index (χ2n) is 9.42. The highest BCUT2D eigenvalue weighted by Crippen LogP contribution is 2.13. The average molecular weight is 586 g/mol. The second-order valence-corrected chi connectivity index (χ2v) is 9.42. The number of nitrogens with two attached hydrogens (primary N) is 2. The number of benzene rings is 2. The molecule has 0 spiro atoms. The number of aliphatic hydroxyl groups is 1. The maximum Gasteiger partial charge on any atom is 0.269 e. The van der Waals surface area contributed by atoms with Crippen molar-refractivity contribution in [2.45, 2.75) is 57.3 Å². The molecule has 2 rings (SSSR count). The number of anilines is 1. The van der Waals surface area contributed by atoms with Crippen molar-refractivity contribution < 1.29 is 34.0 Å². The van der Waals surface area contributed by atoms with Crippen LogP contribution in [0.4, 0.5) is 11.4 Å². The van der Waals surface area contributed by atoms with Crippen molar-refractivity contribution in [1.29, 1.82) is 0 Å². The van der Waals surface area contributed by atoms with Gasteiger partial charge < -0.3 is 37.8 Å². The quantitative estimate of drug-likeness (QED) is 0.109. The van der Waals surface area contributed by atoms with Crippen molar-refractivity contribution in [2.75, 3.05) is 11.9 Å². The topological polar surface area (TPSA) is 249 Å². The molecule has 0 bridgehead atoms. The van der Waals surface area contributed by atoms with Crippen LogP contribution in [0.1, 0.15) is 53.8 Å². The molecule has 0 radical (unpaired) electrons. The minimum atomic E-state index is -1.42. The molecule has 0 aliphatic heterocycles. The van der Waals surface area contributed by atoms with Crippen molar-refractivity contribution >= 4 is 40.9 Å². The lowest BCUT2D eigenvalue weighted by atomic mass is 10.1. The van der Waals surface area contributed by atoms with Gasteiger partial charge in [0.2, 0.25) is 23.6 Å². The van der Waals surface area contributed by atoms with Crippen LogP contribution in [-0.2, 0) is 14.4 Å². The summed E-state index contributed by atoms with van der Waals surface area (Å²) in [6.45, 7) is 3.08. The molecule has 2 aromatic carbocycles. The van der Waals surface area contributed by atoms with Gasteiger partial charge in [0.15, 0.2) is 0 Å². The van der Waals surface area contributed by atoms with Gasteiger partial charge in [-0.05, 0) is 56.6 Å². The molecule has 0 aliphatic rings. The highest BCUT2D eigenvalue weighted by molar-refractivity contribution is 6.01. The molecule has 4 atom stereocenters. The van der Waals surface area contributed by atoms with Crippen LogP contribution in [0.15, 0.2) is 48.5 Å². The van der Waals surface area contributed by atoms with Crippen LogP contribution in [0.2, 0.25) is 0 Å². The summed E-state index contributed by atoms with van der Waals surface area (Å²) in [6, 6.07) is 6.87. The van der Waals surface area contributed by atoms with Gasteiger partial charge >= 0.3 is 0 Å². The van der Waals surface area contributed by atoms with E-state index >= 15 is 0 Å². The largest absolute Gasteiger partial charge is 0.391 e. The molecule has 226 valence electrons. The van der Waals surface area contributed by atoms with Crippen LogP contribution < -0.4 is 32.7 Å². The molecule has 0 saturated carbocycles. The summed E-state index contributed by atoms with van der Waals surface area (Å²) in [4.78, 5) is 73.5. The SMILES string of the molecule is CCC[C@H](NC(=O)[C@H](CCN)NC(=O)c1ccc([N+](=O)[O-])cc1)C(=O)N[C@H](C(=O)Nc1cccc(C(N)=O)c1)[C@@H](C)O. The van der Waals surface area contributed by atoms with Gasteiger partial charge in [0.05, 0.1) is 11.0 Å². The summed E-state index contributed by atoms with van der Waals surface area (Å²) in [7, 11) is 0. The van der Waals surface area contributed by atoms with Gasteiger partial charge in [-0.25, -0.2) is 0 Å². The van der Waals surface area contributed by atoms with Crippen molar-refractivity contribution in [3.63, 3.8) is 0 Å². The minimum Gasteiger partial charge on any atom is -0.391 e. The van der Waals surface area contributed by atoms with E-state index in [0.29, 0.717) is 6.42 Å². The van der Waals surface area contributed by atoms with Crippen LogP contribution in [0.3, 0.4) is 0 Å². The normalized spacial score (nSPS) is 13.5. The number of amides is 5. The highest BCUT2D eigenvalue weighted by Gasteiger charge is 2.31. The first-order valence-corrected chi connectivity index (χ1v) is 13.1. The Morgan fingerprint density at radius 3 is 2.07 bits per heavy atom. The smallest absolute Gasteiger partial charge is 0.269 e. The fourth-order valence-electron chi connectivity index (χ4n) is 3.87. The van der Waals surface area contributed by atoms with Gasteiger partial charge in [-0.3, -0.25) is 34.1 Å². The average Bonchev–Trinajstić information content (AvgIpc) is 2.95. The van der Waals surface area contributed by atoms with E-state index in [2.05, 4.69) is 21.3 Å². The fourth-order valence-corrected chi connectivity index (χ4v) is 3.87. The number of rotatable bonds is 15. The maximum atomic E-state index is 13.1. The molecule has 0 saturated heterocycles. The van der Waals surface area contributed by atoms with Gasteiger partial charge in [0.1, 0.15) is 18.1 Å². The number of primary amides is 1. The maximum absolute atomic E-state index is 13.1. The summed E-state index contributed by atoms with van der Waals surface area (Å²) in [5.41, 5.74) is 11.1. The molecular formula is C27H35N7O8. The summed E-state index contributed by atoms with van der Waals surface area (Å²) in [5, 5.41) is 31.1. The van der Waals surface area contributed by atoms with Gasteiger partial charge in [0, 0.05) is 28.9 Å². The Morgan fingerprint density at radius 1 is 0.905 bits per heavy atom. The molecular weight excluding hydrogens is 550 g/mol. The standard InChI is InChI=1S/C27H35N7O8/c1-3-5-20(26(39)33-22(15(2)35)27(40)30-18-7-4-6-17(14-18)23(29)36)32-25(38)21(12-13-28)31-24(37)16-8-10-19(11-9-16)34(41)42/h4,6-11,14-15,20-22,35H,3,5,12-13,28H2,1-2H3,(H2,29,36)(H,30,40)(H,31,37)(H,32,38)(H,33,39)/t15-,20+,21+,22+/m1/s1. The zero-order valence-electron chi connectivity index (χ0n) is 23.2. The summed E-state index contributed by atoms with van der Waals surface area (Å²) < 4.78 is 0. The molecule has 5 amide bonds. The summed E-state index contributed by atoms with van der Waals surface area (Å²) in [5.74, 6) is -3.64. The number of carbonyl (C=O) groups excluding carboxylic acids is 5. The Hall–Kier alpha value is -4.89. The minimum absolute atomic E-state index is 0.0183. The van der Waals surface area contributed by atoms with Gasteiger partial charge in [0.25, 0.3) is 11.6 Å². The number of nitro benzene ring substituents is 1. The van der Waals surface area contributed by atoms with Gasteiger partial charge in [-0.15, -0.1) is 0 Å². The zero-order valence-corrected chi connectivity index (χ0v) is 23.2. The Balaban J connectivity index is 2.13. The van der Waals surface area contributed by atoms with E-state index in [-0.39, 0.29) is 41.9 Å². The number of hydrogen-bond acceptors (Lipinski definition) is 9. The monoisotopic (exact) mass is 585 g/mol. The van der Waals surface area contributed by atoms with Gasteiger partial charge in [-0.2, -0.15) is 0 Å². The van der Waals surface area contributed by atoms with E-state index in [1.54, 1.807) is 6.92 Å². The van der Waals surface area contributed by atoms with E-state index < -0.39 is 58.7 Å². The molecule has 0 aliphatic carbocycles. The Morgan fingerprint density at radius 2 is 1.52 bits per heavy atom. The predicted octanol–water partition coefficient (Wildman–Crippen LogP) is -0.0699. The van der Waals surface area contributed by atoms with Crippen LogP contribution in [0.5, 0.6) is 0 Å². The van der Waals surface area contributed by atoms with Crippen molar-refractivity contribution in [2.24, 2.45) is 11.5 Å². The number of aliphatic hydroxyl groups excluding tert-OH is 1. The first kappa shape index (κ1) is 33.3. The van der Waals surface area contributed by atoms with E-state index in [1.165, 1.54) is 43.3 Å². The lowest BCUT2D eigenvalue weighted by Crippen LogP contribution is -2.58. The Labute approximate surface area is 241 Å². The number of nitro groups is 1. The fraction of sp³-hybridized carbons (Fsp3) is 0.370. The Bertz CT molecular complexity index is 1300. The highest BCUT2D eigenvalue weighted by atomic mass is 16.6. The van der Waals surface area contributed by atoms with Crippen molar-refractivity contribution in [3.05, 3.63) is 69.8 Å². The number of carbonyl (C=O) groups is 5. The molecule has 0 heterocycles. The molecule has 42 heavy (non-hydrogen) atoms. The lowest BCUT2D eigenvalue weighted by Gasteiger charge is -2.26. The third kappa shape index (κ3) is 9.64. The Kier molecular flexibility index (Phi) is 12.5. The molecule has 2 aromatic rings. The lowest BCUT2D eigenvalue weighted by molar-refractivity contribution is -0.384. The molecule has 15 nitrogen and oxygen atoms in total. The van der Waals surface area contributed by atoms with E-state index in [9.17, 15) is 39.2 Å². The van der Waals surface area contributed by atoms with Crippen molar-refractivity contribution in [1.82, 2.24) is 16.0 Å². The third-order valence-electron chi connectivity index (χ3n) is 6.11. The number of non-ortho nitro benzene ring substituents is 1. The van der Waals surface area contributed by atoms with Crippen LogP contribution in [0, 0.1) is 10.1 Å². The molecule has 9 N–H and O–H groups in total. The molecule has 15 heteroatoms. The number of nitrogens with one attached hydrogen (secondary N) is 4. The van der Waals surface area contributed by atoms with Crippen LogP contribution >= 0.6 is 0 Å². The van der Waals surface area contributed by atoms with E-state index in [4.69, 9.17) is 11.5 Å². The summed E-state index contributed by atoms with van der Waals surface area (Å²) in [6.07, 6.45) is -0.690. The van der Waals surface area contributed by atoms with Crippen molar-refractivity contribution in [3.8, 4) is 0 Å². The van der Waals surface area contributed by atoms with E-state index in [1.807, 2.05) is 0 Å². The number of hydrogen-bond donors (Lipinski definition) is 7. The first-order chi connectivity index (χ1) is 19.9. The zero-order chi connectivity index (χ0) is 31.4. The molecule has 0 fully saturated rings. The summed E-state index contributed by atoms with van der Waals surface area (Å²) >= 11 is 0. The molecule has 0 unspecified atom stereocenters. The van der Waals surface area contributed by atoms with Gasteiger partial charge in [-0.1, -0.05) is 19.4 Å². The molecule has 0 aromatic heterocycles. The third-order valence-corrected chi connectivity index (χ3v) is 6.11.